The molecule has 2 aromatic rings. The van der Waals surface area contributed by atoms with Crippen LogP contribution in [0.15, 0.2) is 53.4 Å². The molecule has 0 aliphatic carbocycles. The quantitative estimate of drug-likeness (QED) is 0.789. The maximum Gasteiger partial charge on any atom is 0.241 e. The van der Waals surface area contributed by atoms with Crippen molar-refractivity contribution in [3.8, 4) is 0 Å². The number of amides is 1. The average Bonchev–Trinajstić information content (AvgIpc) is 3.11. The first kappa shape index (κ1) is 18.2. The molecular weight excluding hydrogens is 352 g/mol. The minimum Gasteiger partial charge on any atom is -0.335 e. The number of hydrogen-bond donors (Lipinski definition) is 1. The highest BCUT2D eigenvalue weighted by molar-refractivity contribution is 7.98. The Hall–Kier alpha value is -2.20. The number of anilines is 1. The summed E-state index contributed by atoms with van der Waals surface area (Å²) in [5, 5.41) is 3.29. The Morgan fingerprint density at radius 1 is 1.19 bits per heavy atom. The molecular formula is C23H26N2OS. The molecule has 4 rings (SSSR count). The zero-order valence-corrected chi connectivity index (χ0v) is 17.2. The van der Waals surface area contributed by atoms with E-state index < -0.39 is 5.66 Å². The lowest BCUT2D eigenvalue weighted by Crippen LogP contribution is -2.58. The minimum absolute atomic E-state index is 0.0793. The molecule has 1 fully saturated rings. The summed E-state index contributed by atoms with van der Waals surface area (Å²) >= 11 is 1.74. The van der Waals surface area contributed by atoms with Gasteiger partial charge in [0.1, 0.15) is 5.66 Å². The molecule has 4 heteroatoms. The van der Waals surface area contributed by atoms with E-state index in [0.29, 0.717) is 6.54 Å². The molecule has 1 N–H and O–H groups in total. The van der Waals surface area contributed by atoms with Gasteiger partial charge in [0, 0.05) is 16.0 Å². The lowest BCUT2D eigenvalue weighted by atomic mass is 9.75. The molecule has 0 saturated carbocycles. The van der Waals surface area contributed by atoms with E-state index in [4.69, 9.17) is 0 Å². The first-order valence-electron chi connectivity index (χ1n) is 9.46. The second kappa shape index (κ2) is 6.45. The van der Waals surface area contributed by atoms with Crippen LogP contribution in [0.25, 0.3) is 6.08 Å². The van der Waals surface area contributed by atoms with Crippen LogP contribution in [-0.4, -0.2) is 24.4 Å². The van der Waals surface area contributed by atoms with Crippen LogP contribution < -0.4 is 10.2 Å². The van der Waals surface area contributed by atoms with Crippen molar-refractivity contribution in [2.24, 2.45) is 0 Å². The summed E-state index contributed by atoms with van der Waals surface area (Å²) in [5.41, 5.74) is 4.19. The summed E-state index contributed by atoms with van der Waals surface area (Å²) in [4.78, 5) is 15.9. The molecule has 2 aliphatic rings. The van der Waals surface area contributed by atoms with Crippen molar-refractivity contribution >= 4 is 29.4 Å². The van der Waals surface area contributed by atoms with Crippen LogP contribution in [0.5, 0.6) is 0 Å². The van der Waals surface area contributed by atoms with Crippen LogP contribution in [0, 0.1) is 0 Å². The smallest absolute Gasteiger partial charge is 0.241 e. The van der Waals surface area contributed by atoms with Gasteiger partial charge in [-0.3, -0.25) is 4.79 Å². The minimum atomic E-state index is -0.531. The summed E-state index contributed by atoms with van der Waals surface area (Å²) < 4.78 is 0. The van der Waals surface area contributed by atoms with Crippen LogP contribution in [0.3, 0.4) is 0 Å². The summed E-state index contributed by atoms with van der Waals surface area (Å²) in [6.07, 6.45) is 7.41. The molecule has 0 radical (unpaired) electrons. The van der Waals surface area contributed by atoms with Crippen molar-refractivity contribution in [3.05, 3.63) is 65.2 Å². The molecule has 27 heavy (non-hydrogen) atoms. The molecule has 1 saturated heterocycles. The highest BCUT2D eigenvalue weighted by atomic mass is 32.2. The number of nitrogens with one attached hydrogen (secondary N) is 1. The Balaban J connectivity index is 1.78. The van der Waals surface area contributed by atoms with Gasteiger partial charge in [-0.2, -0.15) is 0 Å². The van der Waals surface area contributed by atoms with Gasteiger partial charge in [0.2, 0.25) is 5.91 Å². The largest absolute Gasteiger partial charge is 0.335 e. The summed E-state index contributed by atoms with van der Waals surface area (Å²) in [6, 6.07) is 15.2. The number of benzene rings is 2. The molecule has 0 spiro atoms. The van der Waals surface area contributed by atoms with Gasteiger partial charge in [-0.1, -0.05) is 51.1 Å². The normalized spacial score (nSPS) is 22.8. The number of rotatable bonds is 4. The Labute approximate surface area is 165 Å². The highest BCUT2D eigenvalue weighted by Crippen LogP contribution is 2.53. The average molecular weight is 379 g/mol. The molecule has 2 heterocycles. The van der Waals surface area contributed by atoms with Crippen LogP contribution in [0.4, 0.5) is 5.69 Å². The summed E-state index contributed by atoms with van der Waals surface area (Å²) in [5.74, 6) is 0.0793. The third-order valence-electron chi connectivity index (χ3n) is 6.08. The lowest BCUT2D eigenvalue weighted by Gasteiger charge is -2.40. The Morgan fingerprint density at radius 3 is 2.59 bits per heavy atom. The monoisotopic (exact) mass is 378 g/mol. The number of fused-ring (bicyclic) bond motifs is 3. The van der Waals surface area contributed by atoms with Gasteiger partial charge in [-0.05, 0) is 53.6 Å². The van der Waals surface area contributed by atoms with Crippen molar-refractivity contribution in [2.75, 3.05) is 17.7 Å². The lowest BCUT2D eigenvalue weighted by molar-refractivity contribution is -0.118. The molecule has 140 valence electrons. The van der Waals surface area contributed by atoms with E-state index in [-0.39, 0.29) is 11.3 Å². The van der Waals surface area contributed by atoms with E-state index in [0.717, 1.165) is 17.7 Å². The second-order valence-corrected chi connectivity index (χ2v) is 8.72. The van der Waals surface area contributed by atoms with Crippen LogP contribution in [0.2, 0.25) is 0 Å². The van der Waals surface area contributed by atoms with Crippen molar-refractivity contribution in [3.63, 3.8) is 0 Å². The third-order valence-corrected chi connectivity index (χ3v) is 6.82. The van der Waals surface area contributed by atoms with Crippen molar-refractivity contribution < 1.29 is 4.79 Å². The molecule has 1 atom stereocenters. The summed E-state index contributed by atoms with van der Waals surface area (Å²) in [6.45, 7) is 7.05. The molecule has 2 aliphatic heterocycles. The van der Waals surface area contributed by atoms with Crippen LogP contribution >= 0.6 is 11.8 Å². The first-order valence-corrected chi connectivity index (χ1v) is 10.7. The standard InChI is InChI=1S/C23H26N2OS/c1-5-16-8-11-20-19(14-16)22(2,3)23(24-21(26)15-25(20)23)13-12-17-6-9-18(27-4)10-7-17/h6-14H,5,15H2,1-4H3,(H,24,26)/b13-12-/t23-/m1/s1. The van der Waals surface area contributed by atoms with E-state index >= 15 is 0 Å². The fraction of sp³-hybridized carbons (Fsp3) is 0.348. The van der Waals surface area contributed by atoms with Crippen LogP contribution in [-0.2, 0) is 16.6 Å². The fourth-order valence-corrected chi connectivity index (χ4v) is 4.78. The maximum atomic E-state index is 12.4. The van der Waals surface area contributed by atoms with Gasteiger partial charge in [0.25, 0.3) is 0 Å². The predicted molar refractivity (Wildman–Crippen MR) is 114 cm³/mol. The van der Waals surface area contributed by atoms with E-state index in [1.54, 1.807) is 11.8 Å². The van der Waals surface area contributed by atoms with Gasteiger partial charge in [-0.25, -0.2) is 0 Å². The number of aryl methyl sites for hydroxylation is 1. The molecule has 1 amide bonds. The number of hydrogen-bond acceptors (Lipinski definition) is 3. The molecule has 0 unspecified atom stereocenters. The van der Waals surface area contributed by atoms with E-state index in [9.17, 15) is 4.79 Å². The fourth-order valence-electron chi connectivity index (χ4n) is 4.37. The van der Waals surface area contributed by atoms with Gasteiger partial charge >= 0.3 is 0 Å². The molecule has 3 nitrogen and oxygen atoms in total. The van der Waals surface area contributed by atoms with Gasteiger partial charge < -0.3 is 10.2 Å². The molecule has 2 aromatic carbocycles. The van der Waals surface area contributed by atoms with E-state index in [1.807, 2.05) is 0 Å². The predicted octanol–water partition coefficient (Wildman–Crippen LogP) is 4.61. The topological polar surface area (TPSA) is 32.3 Å². The zero-order valence-electron chi connectivity index (χ0n) is 16.4. The Kier molecular flexibility index (Phi) is 4.34. The number of thioether (sulfide) groups is 1. The third kappa shape index (κ3) is 2.69. The Bertz CT molecular complexity index is 916. The van der Waals surface area contributed by atoms with Crippen molar-refractivity contribution in [2.45, 2.75) is 43.2 Å². The first-order chi connectivity index (χ1) is 12.9. The Morgan fingerprint density at radius 2 is 1.93 bits per heavy atom. The van der Waals surface area contributed by atoms with Gasteiger partial charge in [-0.15, -0.1) is 11.8 Å². The van der Waals surface area contributed by atoms with Gasteiger partial charge in [0.15, 0.2) is 0 Å². The van der Waals surface area contributed by atoms with Crippen molar-refractivity contribution in [1.82, 2.24) is 5.32 Å². The number of carbonyl (C=O) groups is 1. The number of carbonyl (C=O) groups excluding carboxylic acids is 1. The summed E-state index contributed by atoms with van der Waals surface area (Å²) in [7, 11) is 0. The number of nitrogens with zero attached hydrogens (tertiary/aromatic N) is 1. The van der Waals surface area contributed by atoms with Crippen molar-refractivity contribution in [1.29, 1.82) is 0 Å². The molecule has 0 aromatic heterocycles. The van der Waals surface area contributed by atoms with E-state index in [1.165, 1.54) is 16.0 Å². The highest BCUT2D eigenvalue weighted by Gasteiger charge is 2.59. The van der Waals surface area contributed by atoms with Gasteiger partial charge in [0.05, 0.1) is 6.54 Å². The van der Waals surface area contributed by atoms with Crippen LogP contribution in [0.1, 0.15) is 37.5 Å². The molecule has 0 bridgehead atoms. The maximum absolute atomic E-state index is 12.4. The SMILES string of the molecule is CCc1ccc2c(c1)C(C)(C)[C@]1(/C=C\c3ccc(SC)cc3)NC(=O)CN21. The second-order valence-electron chi connectivity index (χ2n) is 7.84. The zero-order chi connectivity index (χ0) is 19.2. The van der Waals surface area contributed by atoms with E-state index in [2.05, 4.69) is 91.9 Å².